The second-order valence-electron chi connectivity index (χ2n) is 5.94. The molecule has 2 fully saturated rings. The highest BCUT2D eigenvalue weighted by Crippen LogP contribution is 2.59. The van der Waals surface area contributed by atoms with Crippen LogP contribution in [0.4, 0.5) is 4.79 Å². The second-order valence-corrected chi connectivity index (χ2v) is 6.83. The van der Waals surface area contributed by atoms with Crippen molar-refractivity contribution in [2.75, 3.05) is 17.5 Å². The molecular formula is C16H20INO2. The van der Waals surface area contributed by atoms with E-state index in [4.69, 9.17) is 4.74 Å². The summed E-state index contributed by atoms with van der Waals surface area (Å²) in [5, 5.41) is 0. The molecular weight excluding hydrogens is 365 g/mol. The molecule has 1 aliphatic carbocycles. The van der Waals surface area contributed by atoms with Gasteiger partial charge >= 0.3 is 6.09 Å². The highest BCUT2D eigenvalue weighted by atomic mass is 127. The lowest BCUT2D eigenvalue weighted by Crippen LogP contribution is -2.39. The Morgan fingerprint density at radius 2 is 2.00 bits per heavy atom. The van der Waals surface area contributed by atoms with Crippen molar-refractivity contribution in [3.8, 4) is 0 Å². The molecule has 108 valence electrons. The molecule has 4 heteroatoms. The Hall–Kier alpha value is -0.780. The molecule has 20 heavy (non-hydrogen) atoms. The Labute approximate surface area is 133 Å². The van der Waals surface area contributed by atoms with Gasteiger partial charge in [0.15, 0.2) is 0 Å². The first-order valence-corrected chi connectivity index (χ1v) is 8.78. The first kappa shape index (κ1) is 14.2. The van der Waals surface area contributed by atoms with Gasteiger partial charge in [0.2, 0.25) is 0 Å². The third kappa shape index (κ3) is 2.95. The first-order chi connectivity index (χ1) is 9.73. The number of carbonyl (C=O) groups excluding carboxylic acids is 1. The van der Waals surface area contributed by atoms with Gasteiger partial charge < -0.3 is 9.64 Å². The predicted octanol–water partition coefficient (Wildman–Crippen LogP) is 3.86. The van der Waals surface area contributed by atoms with Gasteiger partial charge in [-0.15, -0.1) is 0 Å². The third-order valence-corrected chi connectivity index (χ3v) is 5.83. The zero-order valence-corrected chi connectivity index (χ0v) is 13.7. The van der Waals surface area contributed by atoms with E-state index in [1.165, 1.54) is 10.8 Å². The fourth-order valence-corrected chi connectivity index (χ4v) is 4.45. The summed E-state index contributed by atoms with van der Waals surface area (Å²) in [4.78, 5) is 13.9. The van der Waals surface area contributed by atoms with E-state index in [9.17, 15) is 4.79 Å². The molecule has 0 N–H and O–H groups in total. The summed E-state index contributed by atoms with van der Waals surface area (Å²) in [6.07, 6.45) is 3.51. The average Bonchev–Trinajstić information content (AvgIpc) is 3.19. The van der Waals surface area contributed by atoms with Crippen LogP contribution in [0.5, 0.6) is 0 Å². The van der Waals surface area contributed by atoms with Crippen LogP contribution in [0.2, 0.25) is 0 Å². The summed E-state index contributed by atoms with van der Waals surface area (Å²) in [5.41, 5.74) is 1.61. The van der Waals surface area contributed by atoms with Crippen molar-refractivity contribution in [1.29, 1.82) is 0 Å². The molecule has 1 saturated carbocycles. The topological polar surface area (TPSA) is 29.5 Å². The zero-order chi connectivity index (χ0) is 14.0. The molecule has 0 bridgehead atoms. The average molecular weight is 385 g/mol. The van der Waals surface area contributed by atoms with E-state index < -0.39 is 0 Å². The van der Waals surface area contributed by atoms with Crippen LogP contribution in [0.3, 0.4) is 0 Å². The maximum atomic E-state index is 12.1. The third-order valence-electron chi connectivity index (χ3n) is 4.77. The molecule has 1 aromatic rings. The van der Waals surface area contributed by atoms with Crippen LogP contribution in [0, 0.1) is 11.3 Å². The van der Waals surface area contributed by atoms with Crippen molar-refractivity contribution in [2.24, 2.45) is 11.3 Å². The number of amides is 1. The lowest BCUT2D eigenvalue weighted by Gasteiger charge is -2.32. The van der Waals surface area contributed by atoms with Gasteiger partial charge in [0.05, 0.1) is 0 Å². The van der Waals surface area contributed by atoms with Crippen molar-refractivity contribution in [3.63, 3.8) is 0 Å². The van der Waals surface area contributed by atoms with Gasteiger partial charge in [-0.3, -0.25) is 0 Å². The van der Waals surface area contributed by atoms with Crippen LogP contribution in [-0.4, -0.2) is 28.5 Å². The van der Waals surface area contributed by atoms with E-state index in [1.807, 2.05) is 35.2 Å². The van der Waals surface area contributed by atoms with Crippen molar-refractivity contribution in [3.05, 3.63) is 35.9 Å². The molecule has 1 heterocycles. The molecule has 1 atom stereocenters. The lowest BCUT2D eigenvalue weighted by molar-refractivity contribution is 0.0784. The molecule has 1 spiro atoms. The molecule has 1 aromatic carbocycles. The molecule has 1 aliphatic heterocycles. The largest absolute Gasteiger partial charge is 0.445 e. The van der Waals surface area contributed by atoms with Gasteiger partial charge in [0, 0.05) is 17.5 Å². The Morgan fingerprint density at radius 3 is 2.60 bits per heavy atom. The summed E-state index contributed by atoms with van der Waals surface area (Å²) in [5.74, 6) is 0.894. The number of hydrogen-bond donors (Lipinski definition) is 0. The molecule has 1 unspecified atom stereocenters. The monoisotopic (exact) mass is 385 g/mol. The quantitative estimate of drug-likeness (QED) is 0.584. The van der Waals surface area contributed by atoms with Gasteiger partial charge in [-0.05, 0) is 36.2 Å². The second kappa shape index (κ2) is 5.92. The van der Waals surface area contributed by atoms with Crippen LogP contribution in [0.15, 0.2) is 30.3 Å². The minimum atomic E-state index is -0.157. The van der Waals surface area contributed by atoms with Gasteiger partial charge in [-0.2, -0.15) is 0 Å². The summed E-state index contributed by atoms with van der Waals surface area (Å²) < 4.78 is 6.65. The van der Waals surface area contributed by atoms with E-state index in [2.05, 4.69) is 22.6 Å². The van der Waals surface area contributed by atoms with Crippen molar-refractivity contribution < 1.29 is 9.53 Å². The smallest absolute Gasteiger partial charge is 0.410 e. The fourth-order valence-electron chi connectivity index (χ4n) is 3.21. The number of carbonyl (C=O) groups is 1. The van der Waals surface area contributed by atoms with E-state index in [0.717, 1.165) is 37.4 Å². The van der Waals surface area contributed by atoms with E-state index >= 15 is 0 Å². The van der Waals surface area contributed by atoms with Crippen molar-refractivity contribution in [2.45, 2.75) is 25.9 Å². The Bertz CT molecular complexity index is 469. The number of benzene rings is 1. The van der Waals surface area contributed by atoms with E-state index in [0.29, 0.717) is 12.0 Å². The fraction of sp³-hybridized carbons (Fsp3) is 0.562. The van der Waals surface area contributed by atoms with E-state index in [1.54, 1.807) is 0 Å². The highest BCUT2D eigenvalue weighted by molar-refractivity contribution is 14.1. The van der Waals surface area contributed by atoms with Crippen LogP contribution in [0.25, 0.3) is 0 Å². The summed E-state index contributed by atoms with van der Waals surface area (Å²) >= 11 is 2.49. The molecule has 0 aromatic heterocycles. The number of nitrogens with zero attached hydrogens (tertiary/aromatic N) is 1. The maximum Gasteiger partial charge on any atom is 0.410 e. The SMILES string of the molecule is O=C(OCc1ccccc1)N1CCC2(CC1)CC2CI. The lowest BCUT2D eigenvalue weighted by atomic mass is 9.91. The number of rotatable bonds is 3. The van der Waals surface area contributed by atoms with Crippen LogP contribution in [0.1, 0.15) is 24.8 Å². The van der Waals surface area contributed by atoms with Crippen molar-refractivity contribution >= 4 is 28.7 Å². The minimum Gasteiger partial charge on any atom is -0.445 e. The first-order valence-electron chi connectivity index (χ1n) is 7.25. The van der Waals surface area contributed by atoms with Gasteiger partial charge in [-0.1, -0.05) is 52.9 Å². The van der Waals surface area contributed by atoms with Gasteiger partial charge in [0.25, 0.3) is 0 Å². The number of ether oxygens (including phenoxy) is 1. The number of alkyl halides is 1. The van der Waals surface area contributed by atoms with E-state index in [-0.39, 0.29) is 6.09 Å². The summed E-state index contributed by atoms with van der Waals surface area (Å²) in [6.45, 7) is 2.10. The Balaban J connectivity index is 1.45. The minimum absolute atomic E-state index is 0.157. The molecule has 3 rings (SSSR count). The maximum absolute atomic E-state index is 12.1. The molecule has 3 nitrogen and oxygen atoms in total. The highest BCUT2D eigenvalue weighted by Gasteiger charge is 2.54. The van der Waals surface area contributed by atoms with Crippen LogP contribution < -0.4 is 0 Å². The molecule has 1 saturated heterocycles. The number of halogens is 1. The number of piperidine rings is 1. The molecule has 1 amide bonds. The van der Waals surface area contributed by atoms with Gasteiger partial charge in [0.1, 0.15) is 6.61 Å². The molecule has 0 radical (unpaired) electrons. The molecule has 2 aliphatic rings. The number of hydrogen-bond acceptors (Lipinski definition) is 2. The zero-order valence-electron chi connectivity index (χ0n) is 11.6. The Morgan fingerprint density at radius 1 is 1.30 bits per heavy atom. The standard InChI is InChI=1S/C16H20INO2/c17-11-14-10-16(14)6-8-18(9-7-16)15(19)20-12-13-4-2-1-3-5-13/h1-5,14H,6-12H2. The summed E-state index contributed by atoms with van der Waals surface area (Å²) in [7, 11) is 0. The van der Waals surface area contributed by atoms with Crippen molar-refractivity contribution in [1.82, 2.24) is 4.90 Å². The normalized spacial score (nSPS) is 23.6. The predicted molar refractivity (Wildman–Crippen MR) is 86.9 cm³/mol. The van der Waals surface area contributed by atoms with Gasteiger partial charge in [-0.25, -0.2) is 4.79 Å². The van der Waals surface area contributed by atoms with Crippen LogP contribution in [-0.2, 0) is 11.3 Å². The summed E-state index contributed by atoms with van der Waals surface area (Å²) in [6, 6.07) is 9.85. The Kier molecular flexibility index (Phi) is 4.19. The van der Waals surface area contributed by atoms with Crippen LogP contribution >= 0.6 is 22.6 Å². The number of likely N-dealkylation sites (tertiary alicyclic amines) is 1.